The van der Waals surface area contributed by atoms with Crippen molar-refractivity contribution < 1.29 is 9.59 Å². The van der Waals surface area contributed by atoms with Gasteiger partial charge < -0.3 is 10.2 Å². The Balaban J connectivity index is 1.79. The van der Waals surface area contributed by atoms with E-state index in [2.05, 4.69) is 5.32 Å². The summed E-state index contributed by atoms with van der Waals surface area (Å²) in [6.45, 7) is 2.37. The maximum absolute atomic E-state index is 13.4. The molecule has 0 radical (unpaired) electrons. The van der Waals surface area contributed by atoms with Crippen molar-refractivity contribution in [1.82, 2.24) is 10.2 Å². The van der Waals surface area contributed by atoms with Gasteiger partial charge in [-0.1, -0.05) is 86.3 Å². The molecule has 0 saturated heterocycles. The number of halogens is 1. The Morgan fingerprint density at radius 3 is 2.37 bits per heavy atom. The second-order valence-electron chi connectivity index (χ2n) is 8.04. The van der Waals surface area contributed by atoms with Gasteiger partial charge in [-0.15, -0.1) is 0 Å². The van der Waals surface area contributed by atoms with E-state index in [0.29, 0.717) is 18.0 Å². The first-order valence-corrected chi connectivity index (χ1v) is 11.3. The van der Waals surface area contributed by atoms with Gasteiger partial charge in [0, 0.05) is 17.6 Å². The van der Waals surface area contributed by atoms with Gasteiger partial charge in [0.05, 0.1) is 6.42 Å². The van der Waals surface area contributed by atoms with Gasteiger partial charge >= 0.3 is 0 Å². The molecule has 0 heterocycles. The summed E-state index contributed by atoms with van der Waals surface area (Å²) in [5, 5.41) is 3.78. The minimum atomic E-state index is -0.498. The highest BCUT2D eigenvalue weighted by atomic mass is 35.5. The maximum atomic E-state index is 13.4. The van der Waals surface area contributed by atoms with Gasteiger partial charge in [-0.3, -0.25) is 9.59 Å². The molecule has 1 saturated carbocycles. The second kappa shape index (κ2) is 11.2. The zero-order valence-corrected chi connectivity index (χ0v) is 18.4. The summed E-state index contributed by atoms with van der Waals surface area (Å²) in [6, 6.07) is 16.9. The minimum Gasteiger partial charge on any atom is -0.352 e. The number of carbonyl (C=O) groups excluding carboxylic acids is 2. The van der Waals surface area contributed by atoms with Crippen molar-refractivity contribution in [2.45, 2.75) is 70.5 Å². The van der Waals surface area contributed by atoms with Crippen LogP contribution in [0, 0.1) is 0 Å². The molecule has 0 aliphatic heterocycles. The van der Waals surface area contributed by atoms with Crippen molar-refractivity contribution in [3.05, 3.63) is 70.7 Å². The highest BCUT2D eigenvalue weighted by Crippen LogP contribution is 2.21. The van der Waals surface area contributed by atoms with Crippen molar-refractivity contribution >= 4 is 23.4 Å². The summed E-state index contributed by atoms with van der Waals surface area (Å²) in [7, 11) is 0. The van der Waals surface area contributed by atoms with Crippen LogP contribution in [0.25, 0.3) is 0 Å². The minimum absolute atomic E-state index is 0.0483. The van der Waals surface area contributed by atoms with Gasteiger partial charge in [0.1, 0.15) is 6.04 Å². The monoisotopic (exact) mass is 426 g/mol. The summed E-state index contributed by atoms with van der Waals surface area (Å²) in [5.74, 6) is -0.134. The number of nitrogens with zero attached hydrogens (tertiary/aromatic N) is 1. The molecule has 4 nitrogen and oxygen atoms in total. The Hall–Kier alpha value is -2.33. The third kappa shape index (κ3) is 6.09. The van der Waals surface area contributed by atoms with Gasteiger partial charge in [0.2, 0.25) is 11.8 Å². The van der Waals surface area contributed by atoms with Crippen LogP contribution in [0.1, 0.15) is 56.6 Å². The largest absolute Gasteiger partial charge is 0.352 e. The summed E-state index contributed by atoms with van der Waals surface area (Å²) in [4.78, 5) is 28.2. The van der Waals surface area contributed by atoms with Crippen LogP contribution >= 0.6 is 11.6 Å². The predicted octanol–water partition coefficient (Wildman–Crippen LogP) is 5.14. The van der Waals surface area contributed by atoms with Crippen LogP contribution in [0.3, 0.4) is 0 Å². The van der Waals surface area contributed by atoms with Crippen molar-refractivity contribution in [2.24, 2.45) is 0 Å². The molecule has 5 heteroatoms. The van der Waals surface area contributed by atoms with E-state index in [0.717, 1.165) is 36.8 Å². The number of carbonyl (C=O) groups is 2. The molecule has 1 aliphatic rings. The van der Waals surface area contributed by atoms with E-state index in [1.807, 2.05) is 55.5 Å². The van der Waals surface area contributed by atoms with Gasteiger partial charge in [-0.2, -0.15) is 0 Å². The van der Waals surface area contributed by atoms with E-state index in [1.54, 1.807) is 11.0 Å². The van der Waals surface area contributed by atoms with Crippen LogP contribution in [0.4, 0.5) is 0 Å². The zero-order chi connectivity index (χ0) is 21.3. The summed E-state index contributed by atoms with van der Waals surface area (Å²) < 4.78 is 0. The highest BCUT2D eigenvalue weighted by molar-refractivity contribution is 6.31. The summed E-state index contributed by atoms with van der Waals surface area (Å²) in [6.07, 6.45) is 6.34. The molecule has 1 fully saturated rings. The van der Waals surface area contributed by atoms with Crippen LogP contribution in [-0.2, 0) is 22.6 Å². The number of nitrogens with one attached hydrogen (secondary N) is 1. The first kappa shape index (κ1) is 22.4. The van der Waals surface area contributed by atoms with Crippen molar-refractivity contribution in [2.75, 3.05) is 0 Å². The molecule has 1 atom stereocenters. The lowest BCUT2D eigenvalue weighted by molar-refractivity contribution is -0.141. The van der Waals surface area contributed by atoms with Crippen LogP contribution in [0.15, 0.2) is 54.6 Å². The number of hydrogen-bond donors (Lipinski definition) is 1. The fourth-order valence-electron chi connectivity index (χ4n) is 4.15. The van der Waals surface area contributed by atoms with Crippen molar-refractivity contribution in [3.63, 3.8) is 0 Å². The van der Waals surface area contributed by atoms with Crippen LogP contribution < -0.4 is 5.32 Å². The van der Waals surface area contributed by atoms with E-state index in [-0.39, 0.29) is 24.3 Å². The lowest BCUT2D eigenvalue weighted by atomic mass is 9.95. The standard InChI is InChI=1S/C25H31ClN2O2/c1-2-23(25(30)27-21-14-7-4-8-15-21)28(18-19-11-5-3-6-12-19)24(29)17-20-13-9-10-16-22(20)26/h3,5-6,9-13,16,21,23H,2,4,7-8,14-15,17-18H2,1H3,(H,27,30). The molecule has 2 aromatic rings. The van der Waals surface area contributed by atoms with E-state index < -0.39 is 6.04 Å². The Morgan fingerprint density at radius 2 is 1.70 bits per heavy atom. The van der Waals surface area contributed by atoms with Crippen LogP contribution in [0.5, 0.6) is 0 Å². The lowest BCUT2D eigenvalue weighted by Gasteiger charge is -2.33. The van der Waals surface area contributed by atoms with Crippen molar-refractivity contribution in [1.29, 1.82) is 0 Å². The normalized spacial score (nSPS) is 15.4. The quantitative estimate of drug-likeness (QED) is 0.635. The Labute approximate surface area is 184 Å². The molecule has 2 aromatic carbocycles. The van der Waals surface area contributed by atoms with E-state index >= 15 is 0 Å². The number of hydrogen-bond acceptors (Lipinski definition) is 2. The third-order valence-electron chi connectivity index (χ3n) is 5.83. The Bertz CT molecular complexity index is 834. The second-order valence-corrected chi connectivity index (χ2v) is 8.45. The maximum Gasteiger partial charge on any atom is 0.243 e. The number of benzene rings is 2. The topological polar surface area (TPSA) is 49.4 Å². The molecule has 2 amide bonds. The Morgan fingerprint density at radius 1 is 1.03 bits per heavy atom. The van der Waals surface area contributed by atoms with E-state index in [9.17, 15) is 9.59 Å². The Kier molecular flexibility index (Phi) is 8.32. The summed E-state index contributed by atoms with van der Waals surface area (Å²) in [5.41, 5.74) is 1.79. The predicted molar refractivity (Wildman–Crippen MR) is 121 cm³/mol. The summed E-state index contributed by atoms with van der Waals surface area (Å²) >= 11 is 6.29. The van der Waals surface area contributed by atoms with E-state index in [4.69, 9.17) is 11.6 Å². The SMILES string of the molecule is CCC(C(=O)NC1CCCCC1)N(Cc1ccccc1)C(=O)Cc1ccccc1Cl. The van der Waals surface area contributed by atoms with Crippen LogP contribution in [-0.4, -0.2) is 28.8 Å². The van der Waals surface area contributed by atoms with Crippen LogP contribution in [0.2, 0.25) is 5.02 Å². The van der Waals surface area contributed by atoms with Gasteiger partial charge in [0.15, 0.2) is 0 Å². The first-order chi connectivity index (χ1) is 14.6. The number of rotatable bonds is 8. The molecule has 1 unspecified atom stereocenters. The number of amides is 2. The lowest BCUT2D eigenvalue weighted by Crippen LogP contribution is -2.52. The fraction of sp³-hybridized carbons (Fsp3) is 0.440. The fourth-order valence-corrected chi connectivity index (χ4v) is 4.35. The molecule has 0 aromatic heterocycles. The highest BCUT2D eigenvalue weighted by Gasteiger charge is 2.30. The van der Waals surface area contributed by atoms with Crippen molar-refractivity contribution in [3.8, 4) is 0 Å². The third-order valence-corrected chi connectivity index (χ3v) is 6.20. The first-order valence-electron chi connectivity index (χ1n) is 11.0. The molecule has 1 aliphatic carbocycles. The van der Waals surface area contributed by atoms with E-state index in [1.165, 1.54) is 6.42 Å². The average molecular weight is 427 g/mol. The zero-order valence-electron chi connectivity index (χ0n) is 17.6. The van der Waals surface area contributed by atoms with Gasteiger partial charge in [0.25, 0.3) is 0 Å². The average Bonchev–Trinajstić information content (AvgIpc) is 2.76. The molecule has 30 heavy (non-hydrogen) atoms. The molecule has 1 N–H and O–H groups in total. The molecule has 3 rings (SSSR count). The van der Waals surface area contributed by atoms with Gasteiger partial charge in [-0.25, -0.2) is 0 Å². The molecule has 0 bridgehead atoms. The molecular formula is C25H31ClN2O2. The molecule has 160 valence electrons. The molecular weight excluding hydrogens is 396 g/mol. The van der Waals surface area contributed by atoms with Gasteiger partial charge in [-0.05, 0) is 36.5 Å². The molecule has 0 spiro atoms. The smallest absolute Gasteiger partial charge is 0.243 e.